The molecule has 5 heteroatoms. The number of anilines is 1. The molecule has 1 aliphatic carbocycles. The van der Waals surface area contributed by atoms with Gasteiger partial charge in [-0.15, -0.1) is 0 Å². The minimum atomic E-state index is 0.0741. The molecule has 2 aliphatic rings. The molecule has 2 fully saturated rings. The van der Waals surface area contributed by atoms with Crippen LogP contribution in [0.5, 0.6) is 0 Å². The van der Waals surface area contributed by atoms with E-state index in [2.05, 4.69) is 17.9 Å². The summed E-state index contributed by atoms with van der Waals surface area (Å²) in [5.41, 5.74) is 3.31. The number of aryl methyl sites for hydroxylation is 1. The molecule has 0 radical (unpaired) electrons. The second-order valence-electron chi connectivity index (χ2n) is 6.97. The van der Waals surface area contributed by atoms with Gasteiger partial charge in [0.15, 0.2) is 0 Å². The van der Waals surface area contributed by atoms with Crippen LogP contribution in [0.2, 0.25) is 5.02 Å². The predicted molar refractivity (Wildman–Crippen MR) is 101 cm³/mol. The molecule has 1 aromatic heterocycles. The van der Waals surface area contributed by atoms with Crippen molar-refractivity contribution >= 4 is 23.3 Å². The van der Waals surface area contributed by atoms with Crippen LogP contribution in [0.15, 0.2) is 36.5 Å². The van der Waals surface area contributed by atoms with E-state index in [0.29, 0.717) is 23.7 Å². The summed E-state index contributed by atoms with van der Waals surface area (Å²) in [6.07, 6.45) is 4.63. The molecule has 0 bridgehead atoms. The van der Waals surface area contributed by atoms with Crippen molar-refractivity contribution in [3.63, 3.8) is 0 Å². The van der Waals surface area contributed by atoms with Gasteiger partial charge in [0, 0.05) is 43.0 Å². The third kappa shape index (κ3) is 3.49. The van der Waals surface area contributed by atoms with Gasteiger partial charge in [0.05, 0.1) is 0 Å². The first kappa shape index (κ1) is 16.4. The number of benzene rings is 1. The average Bonchev–Trinajstić information content (AvgIpc) is 3.47. The SMILES string of the molecule is Cc1cc(C2CC2)cnc1N1CCN(C(=O)c2ccc(Cl)cc2)CC1. The highest BCUT2D eigenvalue weighted by atomic mass is 35.5. The highest BCUT2D eigenvalue weighted by Gasteiger charge is 2.26. The lowest BCUT2D eigenvalue weighted by molar-refractivity contribution is 0.0746. The monoisotopic (exact) mass is 355 g/mol. The summed E-state index contributed by atoms with van der Waals surface area (Å²) in [5, 5.41) is 0.651. The van der Waals surface area contributed by atoms with Gasteiger partial charge in [-0.25, -0.2) is 4.98 Å². The molecule has 4 nitrogen and oxygen atoms in total. The fourth-order valence-electron chi connectivity index (χ4n) is 3.46. The Hall–Kier alpha value is -2.07. The molecule has 0 spiro atoms. The smallest absolute Gasteiger partial charge is 0.253 e. The average molecular weight is 356 g/mol. The van der Waals surface area contributed by atoms with Gasteiger partial charge in [0.1, 0.15) is 5.82 Å². The molecule has 2 aromatic rings. The van der Waals surface area contributed by atoms with E-state index < -0.39 is 0 Å². The van der Waals surface area contributed by atoms with E-state index in [0.717, 1.165) is 24.8 Å². The number of piperazine rings is 1. The zero-order valence-corrected chi connectivity index (χ0v) is 15.2. The Bertz CT molecular complexity index is 778. The van der Waals surface area contributed by atoms with Crippen molar-refractivity contribution in [3.8, 4) is 0 Å². The predicted octanol–water partition coefficient (Wildman–Crippen LogP) is 3.88. The molecule has 1 saturated heterocycles. The van der Waals surface area contributed by atoms with Gasteiger partial charge in [-0.2, -0.15) is 0 Å². The zero-order valence-electron chi connectivity index (χ0n) is 14.4. The number of nitrogens with zero attached hydrogens (tertiary/aromatic N) is 3. The maximum Gasteiger partial charge on any atom is 0.253 e. The summed E-state index contributed by atoms with van der Waals surface area (Å²) < 4.78 is 0. The first-order valence-corrected chi connectivity index (χ1v) is 9.26. The number of pyridine rings is 1. The minimum Gasteiger partial charge on any atom is -0.353 e. The van der Waals surface area contributed by atoms with E-state index in [-0.39, 0.29) is 5.91 Å². The van der Waals surface area contributed by atoms with E-state index in [1.54, 1.807) is 24.3 Å². The van der Waals surface area contributed by atoms with Crippen LogP contribution in [-0.2, 0) is 0 Å². The number of hydrogen-bond acceptors (Lipinski definition) is 3. The number of aromatic nitrogens is 1. The number of rotatable bonds is 3. The Kier molecular flexibility index (Phi) is 4.38. The van der Waals surface area contributed by atoms with Gasteiger partial charge in [0.25, 0.3) is 5.91 Å². The number of hydrogen-bond donors (Lipinski definition) is 0. The van der Waals surface area contributed by atoms with Crippen LogP contribution >= 0.6 is 11.6 Å². The van der Waals surface area contributed by atoms with E-state index in [9.17, 15) is 4.79 Å². The largest absolute Gasteiger partial charge is 0.353 e. The van der Waals surface area contributed by atoms with Crippen LogP contribution in [0.3, 0.4) is 0 Å². The Morgan fingerprint density at radius 3 is 2.40 bits per heavy atom. The van der Waals surface area contributed by atoms with Crippen molar-refractivity contribution in [3.05, 3.63) is 58.2 Å². The second kappa shape index (κ2) is 6.68. The summed E-state index contributed by atoms with van der Waals surface area (Å²) in [6.45, 7) is 5.20. The minimum absolute atomic E-state index is 0.0741. The van der Waals surface area contributed by atoms with E-state index in [1.807, 2.05) is 11.1 Å². The Morgan fingerprint density at radius 2 is 1.80 bits per heavy atom. The number of carbonyl (C=O) groups is 1. The van der Waals surface area contributed by atoms with Crippen LogP contribution in [0, 0.1) is 6.92 Å². The standard InChI is InChI=1S/C20H22ClN3O/c1-14-12-17(15-2-3-15)13-22-19(14)23-8-10-24(11-9-23)20(25)16-4-6-18(21)7-5-16/h4-7,12-13,15H,2-3,8-11H2,1H3. The Morgan fingerprint density at radius 1 is 1.12 bits per heavy atom. The summed E-state index contributed by atoms with van der Waals surface area (Å²) >= 11 is 5.90. The van der Waals surface area contributed by atoms with Crippen molar-refractivity contribution in [1.82, 2.24) is 9.88 Å². The maximum absolute atomic E-state index is 12.6. The van der Waals surface area contributed by atoms with Crippen LogP contribution in [0.1, 0.15) is 40.2 Å². The topological polar surface area (TPSA) is 36.4 Å². The Balaban J connectivity index is 1.41. The molecule has 0 atom stereocenters. The molecule has 0 unspecified atom stereocenters. The normalized spacial score (nSPS) is 17.7. The van der Waals surface area contributed by atoms with Crippen LogP contribution in [0.25, 0.3) is 0 Å². The molecule has 25 heavy (non-hydrogen) atoms. The van der Waals surface area contributed by atoms with Crippen LogP contribution in [0.4, 0.5) is 5.82 Å². The van der Waals surface area contributed by atoms with Gasteiger partial charge in [-0.3, -0.25) is 4.79 Å². The van der Waals surface area contributed by atoms with Gasteiger partial charge < -0.3 is 9.80 Å². The maximum atomic E-state index is 12.6. The van der Waals surface area contributed by atoms with Crippen molar-refractivity contribution in [2.75, 3.05) is 31.1 Å². The summed E-state index contributed by atoms with van der Waals surface area (Å²) in [7, 11) is 0. The van der Waals surface area contributed by atoms with Crippen LogP contribution < -0.4 is 4.90 Å². The van der Waals surface area contributed by atoms with E-state index in [1.165, 1.54) is 24.0 Å². The van der Waals surface area contributed by atoms with Gasteiger partial charge >= 0.3 is 0 Å². The fourth-order valence-corrected chi connectivity index (χ4v) is 3.58. The number of amides is 1. The van der Waals surface area contributed by atoms with Crippen molar-refractivity contribution < 1.29 is 4.79 Å². The first-order valence-electron chi connectivity index (χ1n) is 8.88. The Labute approximate surface area is 153 Å². The molecular weight excluding hydrogens is 334 g/mol. The number of carbonyl (C=O) groups excluding carboxylic acids is 1. The molecule has 4 rings (SSSR count). The lowest BCUT2D eigenvalue weighted by atomic mass is 10.1. The molecule has 1 amide bonds. The summed E-state index contributed by atoms with van der Waals surface area (Å²) in [4.78, 5) is 21.5. The summed E-state index contributed by atoms with van der Waals surface area (Å²) in [6, 6.07) is 9.39. The number of halogens is 1. The molecular formula is C20H22ClN3O. The zero-order chi connectivity index (χ0) is 17.4. The fraction of sp³-hybridized carbons (Fsp3) is 0.400. The third-order valence-corrected chi connectivity index (χ3v) is 5.33. The molecule has 130 valence electrons. The molecule has 2 heterocycles. The highest BCUT2D eigenvalue weighted by Crippen LogP contribution is 2.40. The summed E-state index contributed by atoms with van der Waals surface area (Å²) in [5.74, 6) is 1.86. The molecule has 0 N–H and O–H groups in total. The van der Waals surface area contributed by atoms with E-state index >= 15 is 0 Å². The van der Waals surface area contributed by atoms with Crippen molar-refractivity contribution in [2.24, 2.45) is 0 Å². The van der Waals surface area contributed by atoms with Gasteiger partial charge in [-0.1, -0.05) is 17.7 Å². The lowest BCUT2D eigenvalue weighted by Gasteiger charge is -2.36. The lowest BCUT2D eigenvalue weighted by Crippen LogP contribution is -2.49. The molecule has 1 saturated carbocycles. The van der Waals surface area contributed by atoms with Crippen LogP contribution in [-0.4, -0.2) is 42.0 Å². The quantitative estimate of drug-likeness (QED) is 0.838. The third-order valence-electron chi connectivity index (χ3n) is 5.08. The highest BCUT2D eigenvalue weighted by molar-refractivity contribution is 6.30. The van der Waals surface area contributed by atoms with Gasteiger partial charge in [-0.05, 0) is 61.1 Å². The van der Waals surface area contributed by atoms with Gasteiger partial charge in [0.2, 0.25) is 0 Å². The van der Waals surface area contributed by atoms with E-state index in [4.69, 9.17) is 16.6 Å². The second-order valence-corrected chi connectivity index (χ2v) is 7.41. The van der Waals surface area contributed by atoms with Crippen molar-refractivity contribution in [2.45, 2.75) is 25.7 Å². The molecule has 1 aliphatic heterocycles. The molecule has 1 aromatic carbocycles. The first-order chi connectivity index (χ1) is 12.1. The van der Waals surface area contributed by atoms with Crippen molar-refractivity contribution in [1.29, 1.82) is 0 Å².